The third kappa shape index (κ3) is 2.82. The van der Waals surface area contributed by atoms with Gasteiger partial charge in [0, 0.05) is 25.8 Å². The average Bonchev–Trinajstić information content (AvgIpc) is 2.71. The Balaban J connectivity index is 2.31. The zero-order valence-electron chi connectivity index (χ0n) is 11.2. The number of sulfonamides is 1. The fourth-order valence-electron chi connectivity index (χ4n) is 2.45. The molecule has 0 bridgehead atoms. The van der Waals surface area contributed by atoms with Gasteiger partial charge in [0.25, 0.3) is 5.91 Å². The number of hydrogen-bond donors (Lipinski definition) is 1. The number of piperidine rings is 1. The minimum atomic E-state index is -3.77. The van der Waals surface area contributed by atoms with Crippen molar-refractivity contribution in [1.82, 2.24) is 9.47 Å². The maximum absolute atomic E-state index is 12.4. The van der Waals surface area contributed by atoms with Crippen LogP contribution in [0.1, 0.15) is 36.7 Å². The van der Waals surface area contributed by atoms with E-state index in [4.69, 9.17) is 5.14 Å². The van der Waals surface area contributed by atoms with E-state index in [0.29, 0.717) is 5.69 Å². The lowest BCUT2D eigenvalue weighted by Crippen LogP contribution is -2.42. The largest absolute Gasteiger partial charge is 0.345 e. The van der Waals surface area contributed by atoms with Crippen molar-refractivity contribution in [3.8, 4) is 0 Å². The molecule has 0 radical (unpaired) electrons. The Morgan fingerprint density at radius 3 is 2.63 bits per heavy atom. The standard InChI is InChI=1S/C12H19N3O3S/c1-9-5-3-4-6-15(9)12(16)11-7-10(8-14(11)2)19(13,17)18/h7-9H,3-6H2,1-2H3,(H2,13,17,18). The predicted molar refractivity (Wildman–Crippen MR) is 71.1 cm³/mol. The molecule has 1 fully saturated rings. The number of hydrogen-bond acceptors (Lipinski definition) is 3. The molecule has 0 spiro atoms. The van der Waals surface area contributed by atoms with E-state index in [1.165, 1.54) is 16.8 Å². The lowest BCUT2D eigenvalue weighted by molar-refractivity contribution is 0.0625. The molecule has 0 aromatic carbocycles. The van der Waals surface area contributed by atoms with E-state index < -0.39 is 10.0 Å². The Morgan fingerprint density at radius 1 is 1.42 bits per heavy atom. The second-order valence-corrected chi connectivity index (χ2v) is 6.62. The molecule has 2 heterocycles. The van der Waals surface area contributed by atoms with Gasteiger partial charge in [0.15, 0.2) is 0 Å². The molecule has 2 N–H and O–H groups in total. The number of amides is 1. The summed E-state index contributed by atoms with van der Waals surface area (Å²) in [6.45, 7) is 2.73. The lowest BCUT2D eigenvalue weighted by Gasteiger charge is -2.33. The third-order valence-electron chi connectivity index (χ3n) is 3.59. The highest BCUT2D eigenvalue weighted by molar-refractivity contribution is 7.89. The summed E-state index contributed by atoms with van der Waals surface area (Å²) in [5.41, 5.74) is 0.359. The number of rotatable bonds is 2. The molecule has 6 nitrogen and oxygen atoms in total. The Morgan fingerprint density at radius 2 is 2.11 bits per heavy atom. The summed E-state index contributed by atoms with van der Waals surface area (Å²) in [7, 11) is -2.12. The fraction of sp³-hybridized carbons (Fsp3) is 0.583. The maximum atomic E-state index is 12.4. The monoisotopic (exact) mass is 285 g/mol. The van der Waals surface area contributed by atoms with Gasteiger partial charge < -0.3 is 9.47 Å². The van der Waals surface area contributed by atoms with Crippen LogP contribution in [-0.4, -0.2) is 36.4 Å². The first-order valence-corrected chi connectivity index (χ1v) is 7.85. The van der Waals surface area contributed by atoms with E-state index in [-0.39, 0.29) is 16.8 Å². The first kappa shape index (κ1) is 14.1. The van der Waals surface area contributed by atoms with Crippen LogP contribution in [0.4, 0.5) is 0 Å². The van der Waals surface area contributed by atoms with E-state index in [0.717, 1.165) is 25.8 Å². The van der Waals surface area contributed by atoms with Crippen LogP contribution in [0.2, 0.25) is 0 Å². The number of carbonyl (C=O) groups is 1. The van der Waals surface area contributed by atoms with Crippen LogP contribution < -0.4 is 5.14 Å². The zero-order chi connectivity index (χ0) is 14.2. The summed E-state index contributed by atoms with van der Waals surface area (Å²) in [4.78, 5) is 14.2. The van der Waals surface area contributed by atoms with Gasteiger partial charge in [-0.05, 0) is 32.3 Å². The molecule has 1 aliphatic rings. The molecule has 1 atom stereocenters. The zero-order valence-corrected chi connectivity index (χ0v) is 12.0. The number of likely N-dealkylation sites (tertiary alicyclic amines) is 1. The van der Waals surface area contributed by atoms with Crippen molar-refractivity contribution in [1.29, 1.82) is 0 Å². The number of aryl methyl sites for hydroxylation is 1. The topological polar surface area (TPSA) is 85.4 Å². The predicted octanol–water partition coefficient (Wildman–Crippen LogP) is 0.687. The van der Waals surface area contributed by atoms with Gasteiger partial charge >= 0.3 is 0 Å². The highest BCUT2D eigenvalue weighted by Crippen LogP contribution is 2.21. The quantitative estimate of drug-likeness (QED) is 0.867. The van der Waals surface area contributed by atoms with Crippen LogP contribution >= 0.6 is 0 Å². The number of carbonyl (C=O) groups excluding carboxylic acids is 1. The summed E-state index contributed by atoms with van der Waals surface area (Å²) >= 11 is 0. The molecule has 1 aromatic heterocycles. The lowest BCUT2D eigenvalue weighted by atomic mass is 10.0. The van der Waals surface area contributed by atoms with Gasteiger partial charge in [-0.1, -0.05) is 0 Å². The van der Waals surface area contributed by atoms with Gasteiger partial charge in [-0.2, -0.15) is 0 Å². The van der Waals surface area contributed by atoms with Gasteiger partial charge in [0.2, 0.25) is 10.0 Å². The molecule has 1 saturated heterocycles. The second kappa shape index (κ2) is 4.97. The summed E-state index contributed by atoms with van der Waals surface area (Å²) in [5.74, 6) is -0.135. The molecule has 1 aromatic rings. The average molecular weight is 285 g/mol. The van der Waals surface area contributed by atoms with Gasteiger partial charge in [-0.15, -0.1) is 0 Å². The van der Waals surface area contributed by atoms with Crippen LogP contribution in [0.5, 0.6) is 0 Å². The number of nitrogens with zero attached hydrogens (tertiary/aromatic N) is 2. The molecule has 1 unspecified atom stereocenters. The third-order valence-corrected chi connectivity index (χ3v) is 4.47. The Kier molecular flexibility index (Phi) is 3.69. The van der Waals surface area contributed by atoms with Crippen molar-refractivity contribution in [3.05, 3.63) is 18.0 Å². The summed E-state index contributed by atoms with van der Waals surface area (Å²) in [6.07, 6.45) is 4.47. The SMILES string of the molecule is CC1CCCCN1C(=O)c1cc(S(N)(=O)=O)cn1C. The minimum Gasteiger partial charge on any atom is -0.345 e. The van der Waals surface area contributed by atoms with E-state index in [1.54, 1.807) is 11.9 Å². The van der Waals surface area contributed by atoms with Gasteiger partial charge in [-0.3, -0.25) is 4.79 Å². The molecule has 7 heteroatoms. The van der Waals surface area contributed by atoms with Crippen molar-refractivity contribution in [3.63, 3.8) is 0 Å². The number of primary sulfonamides is 1. The van der Waals surface area contributed by atoms with Gasteiger partial charge in [0.1, 0.15) is 10.6 Å². The molecule has 1 aliphatic heterocycles. The highest BCUT2D eigenvalue weighted by atomic mass is 32.2. The molecule has 0 saturated carbocycles. The summed E-state index contributed by atoms with van der Waals surface area (Å²) < 4.78 is 24.1. The van der Waals surface area contributed by atoms with Crippen LogP contribution in [0.3, 0.4) is 0 Å². The van der Waals surface area contributed by atoms with Crippen molar-refractivity contribution in [2.75, 3.05) is 6.54 Å². The van der Waals surface area contributed by atoms with Crippen molar-refractivity contribution in [2.24, 2.45) is 12.2 Å². The molecule has 106 valence electrons. The van der Waals surface area contributed by atoms with Crippen molar-refractivity contribution in [2.45, 2.75) is 37.1 Å². The fourth-order valence-corrected chi connectivity index (χ4v) is 3.03. The van der Waals surface area contributed by atoms with E-state index in [9.17, 15) is 13.2 Å². The number of aromatic nitrogens is 1. The van der Waals surface area contributed by atoms with E-state index in [1.807, 2.05) is 6.92 Å². The second-order valence-electron chi connectivity index (χ2n) is 5.06. The van der Waals surface area contributed by atoms with Crippen molar-refractivity contribution >= 4 is 15.9 Å². The van der Waals surface area contributed by atoms with Gasteiger partial charge in [-0.25, -0.2) is 13.6 Å². The molecule has 0 aliphatic carbocycles. The van der Waals surface area contributed by atoms with E-state index >= 15 is 0 Å². The highest BCUT2D eigenvalue weighted by Gasteiger charge is 2.27. The first-order valence-electron chi connectivity index (χ1n) is 6.31. The summed E-state index contributed by atoms with van der Waals surface area (Å²) in [5, 5.41) is 5.08. The van der Waals surface area contributed by atoms with Crippen LogP contribution in [-0.2, 0) is 17.1 Å². The molecular formula is C12H19N3O3S. The van der Waals surface area contributed by atoms with Crippen LogP contribution in [0.25, 0.3) is 0 Å². The molecule has 1 amide bonds. The molecular weight excluding hydrogens is 266 g/mol. The number of nitrogens with two attached hydrogens (primary N) is 1. The smallest absolute Gasteiger partial charge is 0.270 e. The first-order chi connectivity index (χ1) is 8.80. The Hall–Kier alpha value is -1.34. The summed E-state index contributed by atoms with van der Waals surface area (Å²) in [6, 6.07) is 1.54. The van der Waals surface area contributed by atoms with Gasteiger partial charge in [0.05, 0.1) is 0 Å². The van der Waals surface area contributed by atoms with Crippen LogP contribution in [0.15, 0.2) is 17.2 Å². The maximum Gasteiger partial charge on any atom is 0.270 e. The van der Waals surface area contributed by atoms with Crippen LogP contribution in [0, 0.1) is 0 Å². The molecule has 19 heavy (non-hydrogen) atoms. The Bertz CT molecular complexity index is 591. The molecule has 2 rings (SSSR count). The Labute approximate surface area is 113 Å². The van der Waals surface area contributed by atoms with Crippen molar-refractivity contribution < 1.29 is 13.2 Å². The normalized spacial score (nSPS) is 20.6. The van der Waals surface area contributed by atoms with E-state index in [2.05, 4.69) is 0 Å². The minimum absolute atomic E-state index is 0.0250.